The second kappa shape index (κ2) is 6.09. The lowest BCUT2D eigenvalue weighted by Gasteiger charge is -2.11. The van der Waals surface area contributed by atoms with Crippen LogP contribution in [0, 0.1) is 0 Å². The van der Waals surface area contributed by atoms with Gasteiger partial charge < -0.3 is 11.1 Å². The molecule has 1 atom stereocenters. The number of halogens is 2. The molecule has 5 heteroatoms. The van der Waals surface area contributed by atoms with Crippen molar-refractivity contribution < 1.29 is 4.79 Å². The van der Waals surface area contributed by atoms with Gasteiger partial charge in [0.25, 0.3) is 5.91 Å². The molecule has 1 aromatic rings. The Morgan fingerprint density at radius 1 is 1.50 bits per heavy atom. The standard InChI is InChI=1S/C11H14Cl2N2O/c1-2-8(14)6-15-11(16)9-5-7(12)3-4-10(9)13/h3-5,8H,2,6,14H2,1H3,(H,15,16). The summed E-state index contributed by atoms with van der Waals surface area (Å²) in [6.07, 6.45) is 0.809. The van der Waals surface area contributed by atoms with Crippen LogP contribution in [-0.2, 0) is 0 Å². The highest BCUT2D eigenvalue weighted by Crippen LogP contribution is 2.20. The molecule has 0 saturated heterocycles. The van der Waals surface area contributed by atoms with E-state index in [2.05, 4.69) is 5.32 Å². The van der Waals surface area contributed by atoms with Gasteiger partial charge in [-0.15, -0.1) is 0 Å². The largest absolute Gasteiger partial charge is 0.350 e. The Morgan fingerprint density at radius 3 is 2.81 bits per heavy atom. The van der Waals surface area contributed by atoms with Crippen LogP contribution in [0.25, 0.3) is 0 Å². The fourth-order valence-corrected chi connectivity index (χ4v) is 1.51. The van der Waals surface area contributed by atoms with E-state index in [1.165, 1.54) is 6.07 Å². The molecule has 0 aliphatic rings. The van der Waals surface area contributed by atoms with Crippen LogP contribution in [0.5, 0.6) is 0 Å². The Kier molecular flexibility index (Phi) is 5.06. The molecule has 0 radical (unpaired) electrons. The number of rotatable bonds is 4. The monoisotopic (exact) mass is 260 g/mol. The minimum atomic E-state index is -0.253. The lowest BCUT2D eigenvalue weighted by molar-refractivity contribution is 0.0951. The third-order valence-corrected chi connectivity index (χ3v) is 2.79. The molecule has 3 nitrogen and oxygen atoms in total. The molecule has 1 rings (SSSR count). The number of nitrogens with one attached hydrogen (secondary N) is 1. The van der Waals surface area contributed by atoms with E-state index in [0.717, 1.165) is 6.42 Å². The first-order valence-corrected chi connectivity index (χ1v) is 5.79. The fourth-order valence-electron chi connectivity index (χ4n) is 1.13. The highest BCUT2D eigenvalue weighted by atomic mass is 35.5. The molecular formula is C11H14Cl2N2O. The summed E-state index contributed by atoms with van der Waals surface area (Å²) >= 11 is 11.7. The third kappa shape index (κ3) is 3.67. The van der Waals surface area contributed by atoms with E-state index in [4.69, 9.17) is 28.9 Å². The SMILES string of the molecule is CCC(N)CNC(=O)c1cc(Cl)ccc1Cl. The van der Waals surface area contributed by atoms with E-state index in [9.17, 15) is 4.79 Å². The van der Waals surface area contributed by atoms with Crippen molar-refractivity contribution in [2.45, 2.75) is 19.4 Å². The fraction of sp³-hybridized carbons (Fsp3) is 0.364. The molecule has 16 heavy (non-hydrogen) atoms. The minimum Gasteiger partial charge on any atom is -0.350 e. The predicted octanol–water partition coefficient (Wildman–Crippen LogP) is 2.46. The Labute approximate surface area is 105 Å². The predicted molar refractivity (Wildman–Crippen MR) is 67.1 cm³/mol. The molecule has 3 N–H and O–H groups in total. The maximum atomic E-state index is 11.7. The van der Waals surface area contributed by atoms with Gasteiger partial charge in [-0.1, -0.05) is 30.1 Å². The minimum absolute atomic E-state index is 0.0399. The molecule has 1 amide bonds. The van der Waals surface area contributed by atoms with Crippen molar-refractivity contribution in [3.63, 3.8) is 0 Å². The summed E-state index contributed by atoms with van der Waals surface area (Å²) in [5, 5.41) is 3.57. The lowest BCUT2D eigenvalue weighted by atomic mass is 10.2. The first-order chi connectivity index (χ1) is 7.54. The van der Waals surface area contributed by atoms with Gasteiger partial charge in [-0.25, -0.2) is 0 Å². The Morgan fingerprint density at radius 2 is 2.19 bits per heavy atom. The van der Waals surface area contributed by atoms with Crippen LogP contribution in [0.1, 0.15) is 23.7 Å². The second-order valence-electron chi connectivity index (χ2n) is 3.50. The molecule has 0 aliphatic carbocycles. The van der Waals surface area contributed by atoms with Gasteiger partial charge in [-0.05, 0) is 24.6 Å². The lowest BCUT2D eigenvalue weighted by Crippen LogP contribution is -2.36. The number of hydrogen-bond acceptors (Lipinski definition) is 2. The summed E-state index contributed by atoms with van der Waals surface area (Å²) in [6, 6.07) is 4.73. The summed E-state index contributed by atoms with van der Waals surface area (Å²) in [4.78, 5) is 11.7. The first kappa shape index (κ1) is 13.3. The average Bonchev–Trinajstić information content (AvgIpc) is 2.28. The van der Waals surface area contributed by atoms with Crippen molar-refractivity contribution in [1.82, 2.24) is 5.32 Å². The topological polar surface area (TPSA) is 55.1 Å². The highest BCUT2D eigenvalue weighted by molar-refractivity contribution is 6.35. The molecule has 0 fully saturated rings. The van der Waals surface area contributed by atoms with Crippen molar-refractivity contribution in [2.75, 3.05) is 6.54 Å². The van der Waals surface area contributed by atoms with Gasteiger partial charge in [-0.3, -0.25) is 4.79 Å². The number of amides is 1. The molecule has 88 valence electrons. The molecule has 1 aromatic carbocycles. The summed E-state index contributed by atoms with van der Waals surface area (Å²) in [6.45, 7) is 2.39. The van der Waals surface area contributed by atoms with Crippen molar-refractivity contribution in [1.29, 1.82) is 0 Å². The molecule has 0 heterocycles. The normalized spacial score (nSPS) is 12.2. The van der Waals surface area contributed by atoms with Crippen molar-refractivity contribution in [2.24, 2.45) is 5.73 Å². The zero-order valence-electron chi connectivity index (χ0n) is 8.97. The Hall–Kier alpha value is -0.770. The first-order valence-electron chi connectivity index (χ1n) is 5.03. The van der Waals surface area contributed by atoms with Gasteiger partial charge in [0.2, 0.25) is 0 Å². The van der Waals surface area contributed by atoms with Gasteiger partial charge in [-0.2, -0.15) is 0 Å². The van der Waals surface area contributed by atoms with E-state index in [1.54, 1.807) is 12.1 Å². The van der Waals surface area contributed by atoms with Gasteiger partial charge in [0.1, 0.15) is 0 Å². The van der Waals surface area contributed by atoms with Crippen LogP contribution >= 0.6 is 23.2 Å². The van der Waals surface area contributed by atoms with Crippen molar-refractivity contribution >= 4 is 29.1 Å². The van der Waals surface area contributed by atoms with Crippen molar-refractivity contribution in [3.05, 3.63) is 33.8 Å². The number of nitrogens with two attached hydrogens (primary N) is 1. The summed E-state index contributed by atoms with van der Waals surface area (Å²) in [7, 11) is 0. The van der Waals surface area contributed by atoms with E-state index in [-0.39, 0.29) is 11.9 Å². The molecular weight excluding hydrogens is 247 g/mol. The molecule has 0 aromatic heterocycles. The average molecular weight is 261 g/mol. The second-order valence-corrected chi connectivity index (χ2v) is 4.35. The summed E-state index contributed by atoms with van der Waals surface area (Å²) in [5.74, 6) is -0.253. The number of carbonyl (C=O) groups excluding carboxylic acids is 1. The van der Waals surface area contributed by atoms with Gasteiger partial charge in [0.05, 0.1) is 10.6 Å². The zero-order valence-corrected chi connectivity index (χ0v) is 10.5. The van der Waals surface area contributed by atoms with Crippen LogP contribution in [0.3, 0.4) is 0 Å². The quantitative estimate of drug-likeness (QED) is 0.874. The molecule has 0 saturated carbocycles. The van der Waals surface area contributed by atoms with E-state index in [0.29, 0.717) is 22.2 Å². The zero-order chi connectivity index (χ0) is 12.1. The smallest absolute Gasteiger partial charge is 0.252 e. The molecule has 0 spiro atoms. The third-order valence-electron chi connectivity index (χ3n) is 2.22. The Balaban J connectivity index is 2.69. The highest BCUT2D eigenvalue weighted by Gasteiger charge is 2.11. The van der Waals surface area contributed by atoms with Gasteiger partial charge in [0.15, 0.2) is 0 Å². The maximum Gasteiger partial charge on any atom is 0.252 e. The Bertz CT molecular complexity index is 382. The molecule has 0 aliphatic heterocycles. The van der Waals surface area contributed by atoms with Gasteiger partial charge in [0, 0.05) is 17.6 Å². The maximum absolute atomic E-state index is 11.7. The van der Waals surface area contributed by atoms with Crippen LogP contribution in [0.4, 0.5) is 0 Å². The van der Waals surface area contributed by atoms with Gasteiger partial charge >= 0.3 is 0 Å². The van der Waals surface area contributed by atoms with Crippen LogP contribution in [0.2, 0.25) is 10.0 Å². The van der Waals surface area contributed by atoms with Crippen LogP contribution in [0.15, 0.2) is 18.2 Å². The van der Waals surface area contributed by atoms with E-state index < -0.39 is 0 Å². The number of benzene rings is 1. The summed E-state index contributed by atoms with van der Waals surface area (Å²) in [5.41, 5.74) is 6.07. The number of carbonyl (C=O) groups is 1. The van der Waals surface area contributed by atoms with Crippen molar-refractivity contribution in [3.8, 4) is 0 Å². The molecule has 0 bridgehead atoms. The van der Waals surface area contributed by atoms with Crippen LogP contribution in [-0.4, -0.2) is 18.5 Å². The van der Waals surface area contributed by atoms with E-state index in [1.807, 2.05) is 6.92 Å². The molecule has 1 unspecified atom stereocenters. The van der Waals surface area contributed by atoms with E-state index >= 15 is 0 Å². The van der Waals surface area contributed by atoms with Crippen LogP contribution < -0.4 is 11.1 Å². The summed E-state index contributed by atoms with van der Waals surface area (Å²) < 4.78 is 0. The number of hydrogen-bond donors (Lipinski definition) is 2.